The van der Waals surface area contributed by atoms with Gasteiger partial charge in [-0.15, -0.1) is 0 Å². The molecule has 3 nitrogen and oxygen atoms in total. The summed E-state index contributed by atoms with van der Waals surface area (Å²) in [6, 6.07) is 3.99. The van der Waals surface area contributed by atoms with Crippen molar-refractivity contribution >= 4 is 21.8 Å². The lowest BCUT2D eigenvalue weighted by atomic mass is 10.1. The molecule has 0 unspecified atom stereocenters. The van der Waals surface area contributed by atoms with Crippen LogP contribution in [0.1, 0.15) is 28.8 Å². The molecule has 110 valence electrons. The maximum atomic E-state index is 12.7. The molecular formula is C13H14BrF3N2O. The summed E-state index contributed by atoms with van der Waals surface area (Å²) >= 11 is 2.84. The van der Waals surface area contributed by atoms with Gasteiger partial charge in [0.05, 0.1) is 5.56 Å². The van der Waals surface area contributed by atoms with Crippen LogP contribution >= 0.6 is 15.9 Å². The van der Waals surface area contributed by atoms with Gasteiger partial charge in [-0.3, -0.25) is 4.79 Å². The van der Waals surface area contributed by atoms with Gasteiger partial charge in [0.2, 0.25) is 0 Å². The summed E-state index contributed by atoms with van der Waals surface area (Å²) in [5.74, 6) is -0.499. The predicted octanol–water partition coefficient (Wildman–Crippen LogP) is 2.95. The third kappa shape index (κ3) is 4.21. The summed E-state index contributed by atoms with van der Waals surface area (Å²) in [6.07, 6.45) is -2.19. The Morgan fingerprint density at radius 2 is 2.00 bits per heavy atom. The van der Waals surface area contributed by atoms with Crippen LogP contribution in [0.25, 0.3) is 0 Å². The largest absolute Gasteiger partial charge is 0.417 e. The number of hydrogen-bond donors (Lipinski definition) is 2. The average molecular weight is 351 g/mol. The van der Waals surface area contributed by atoms with E-state index in [9.17, 15) is 18.0 Å². The topological polar surface area (TPSA) is 41.1 Å². The van der Waals surface area contributed by atoms with E-state index in [4.69, 9.17) is 0 Å². The molecule has 7 heteroatoms. The molecule has 2 rings (SSSR count). The normalized spacial score (nSPS) is 15.2. The van der Waals surface area contributed by atoms with Crippen molar-refractivity contribution in [2.45, 2.75) is 25.1 Å². The van der Waals surface area contributed by atoms with Crippen LogP contribution in [0.2, 0.25) is 0 Å². The zero-order valence-corrected chi connectivity index (χ0v) is 12.1. The van der Waals surface area contributed by atoms with E-state index in [1.165, 1.54) is 12.1 Å². The molecule has 1 aromatic carbocycles. The molecule has 0 saturated heterocycles. The van der Waals surface area contributed by atoms with Crippen LogP contribution < -0.4 is 10.6 Å². The number of alkyl halides is 3. The lowest BCUT2D eigenvalue weighted by Crippen LogP contribution is -2.32. The van der Waals surface area contributed by atoms with E-state index in [1.807, 2.05) is 0 Å². The maximum absolute atomic E-state index is 12.7. The molecule has 0 atom stereocenters. The highest BCUT2D eigenvalue weighted by molar-refractivity contribution is 9.10. The second-order valence-corrected chi connectivity index (χ2v) is 5.53. The highest BCUT2D eigenvalue weighted by Gasteiger charge is 2.33. The third-order valence-corrected chi connectivity index (χ3v) is 3.65. The zero-order valence-electron chi connectivity index (χ0n) is 10.6. The van der Waals surface area contributed by atoms with Crippen molar-refractivity contribution in [2.24, 2.45) is 0 Å². The van der Waals surface area contributed by atoms with Crippen LogP contribution in [-0.4, -0.2) is 25.0 Å². The number of amides is 1. The van der Waals surface area contributed by atoms with Crippen molar-refractivity contribution < 1.29 is 18.0 Å². The minimum Gasteiger partial charge on any atom is -0.351 e. The molecule has 1 aromatic rings. The molecule has 1 aliphatic carbocycles. The van der Waals surface area contributed by atoms with Crippen molar-refractivity contribution in [1.29, 1.82) is 0 Å². The highest BCUT2D eigenvalue weighted by atomic mass is 79.9. The van der Waals surface area contributed by atoms with Gasteiger partial charge in [0.25, 0.3) is 5.91 Å². The first kappa shape index (κ1) is 15.3. The van der Waals surface area contributed by atoms with Crippen LogP contribution in [0.5, 0.6) is 0 Å². The van der Waals surface area contributed by atoms with Gasteiger partial charge in [-0.25, -0.2) is 0 Å². The molecule has 1 amide bonds. The van der Waals surface area contributed by atoms with Gasteiger partial charge < -0.3 is 10.6 Å². The van der Waals surface area contributed by atoms with E-state index in [-0.39, 0.29) is 10.0 Å². The van der Waals surface area contributed by atoms with Crippen molar-refractivity contribution in [1.82, 2.24) is 10.6 Å². The van der Waals surface area contributed by atoms with Gasteiger partial charge in [-0.2, -0.15) is 13.2 Å². The zero-order chi connectivity index (χ0) is 14.8. The third-order valence-electron chi connectivity index (χ3n) is 2.95. The van der Waals surface area contributed by atoms with E-state index < -0.39 is 17.6 Å². The highest BCUT2D eigenvalue weighted by Crippen LogP contribution is 2.35. The fourth-order valence-electron chi connectivity index (χ4n) is 1.73. The summed E-state index contributed by atoms with van der Waals surface area (Å²) in [6.45, 7) is 1.02. The second kappa shape index (κ2) is 6.13. The molecule has 2 N–H and O–H groups in total. The number of carbonyl (C=O) groups excluding carboxylic acids is 1. The fourth-order valence-corrected chi connectivity index (χ4v) is 2.20. The monoisotopic (exact) mass is 350 g/mol. The van der Waals surface area contributed by atoms with Gasteiger partial charge in [0, 0.05) is 29.2 Å². The predicted molar refractivity (Wildman–Crippen MR) is 72.5 cm³/mol. The Balaban J connectivity index is 1.94. The number of halogens is 4. The molecule has 1 aliphatic rings. The average Bonchev–Trinajstić information content (AvgIpc) is 3.17. The summed E-state index contributed by atoms with van der Waals surface area (Å²) in [5, 5.41) is 5.80. The minimum atomic E-state index is -4.48. The fraction of sp³-hybridized carbons (Fsp3) is 0.462. The van der Waals surface area contributed by atoms with Crippen LogP contribution in [-0.2, 0) is 6.18 Å². The quantitative estimate of drug-likeness (QED) is 0.801. The lowest BCUT2D eigenvalue weighted by molar-refractivity contribution is -0.138. The number of nitrogens with one attached hydrogen (secondary N) is 2. The van der Waals surface area contributed by atoms with Crippen molar-refractivity contribution in [3.05, 3.63) is 33.8 Å². The first-order valence-electron chi connectivity index (χ1n) is 6.26. The van der Waals surface area contributed by atoms with Crippen molar-refractivity contribution in [2.75, 3.05) is 13.1 Å². The first-order valence-corrected chi connectivity index (χ1v) is 7.05. The Kier molecular flexibility index (Phi) is 4.70. The Hall–Kier alpha value is -1.08. The van der Waals surface area contributed by atoms with Gasteiger partial charge in [-0.05, 0) is 31.0 Å². The van der Waals surface area contributed by atoms with E-state index in [2.05, 4.69) is 26.6 Å². The second-order valence-electron chi connectivity index (χ2n) is 4.68. The molecule has 1 fully saturated rings. The SMILES string of the molecule is O=C(NCCNC1CC1)c1ccc(Br)c(C(F)(F)F)c1. The number of benzene rings is 1. The smallest absolute Gasteiger partial charge is 0.351 e. The molecule has 0 bridgehead atoms. The standard InChI is InChI=1S/C13H14BrF3N2O/c14-11-4-1-8(7-10(11)13(15,16)17)12(20)19-6-5-18-9-2-3-9/h1,4,7,9,18H,2-3,5-6H2,(H,19,20). The van der Waals surface area contributed by atoms with E-state index in [0.717, 1.165) is 18.9 Å². The Labute approximate surface area is 123 Å². The maximum Gasteiger partial charge on any atom is 0.417 e. The first-order chi connectivity index (χ1) is 9.38. The number of hydrogen-bond acceptors (Lipinski definition) is 2. The molecular weight excluding hydrogens is 337 g/mol. The summed E-state index contributed by atoms with van der Waals surface area (Å²) < 4.78 is 38.1. The van der Waals surface area contributed by atoms with Crippen molar-refractivity contribution in [3.8, 4) is 0 Å². The summed E-state index contributed by atoms with van der Waals surface area (Å²) in [5.41, 5.74) is -0.840. The van der Waals surface area contributed by atoms with Crippen LogP contribution in [0.15, 0.2) is 22.7 Å². The van der Waals surface area contributed by atoms with Crippen LogP contribution in [0.3, 0.4) is 0 Å². The molecule has 1 saturated carbocycles. The van der Waals surface area contributed by atoms with Gasteiger partial charge in [0.1, 0.15) is 0 Å². The summed E-state index contributed by atoms with van der Waals surface area (Å²) in [7, 11) is 0. The minimum absolute atomic E-state index is 0.00643. The van der Waals surface area contributed by atoms with E-state index >= 15 is 0 Å². The number of carbonyl (C=O) groups is 1. The molecule has 0 spiro atoms. The number of rotatable bonds is 5. The Bertz CT molecular complexity index is 501. The van der Waals surface area contributed by atoms with E-state index in [1.54, 1.807) is 0 Å². The van der Waals surface area contributed by atoms with Crippen molar-refractivity contribution in [3.63, 3.8) is 0 Å². The molecule has 0 heterocycles. The van der Waals surface area contributed by atoms with Crippen LogP contribution in [0.4, 0.5) is 13.2 Å². The molecule has 0 radical (unpaired) electrons. The van der Waals surface area contributed by atoms with Gasteiger partial charge >= 0.3 is 6.18 Å². The van der Waals surface area contributed by atoms with Gasteiger partial charge in [0.15, 0.2) is 0 Å². The molecule has 20 heavy (non-hydrogen) atoms. The summed E-state index contributed by atoms with van der Waals surface area (Å²) in [4.78, 5) is 11.8. The van der Waals surface area contributed by atoms with Crippen LogP contribution in [0, 0.1) is 0 Å². The van der Waals surface area contributed by atoms with E-state index in [0.29, 0.717) is 19.1 Å². The van der Waals surface area contributed by atoms with Gasteiger partial charge in [-0.1, -0.05) is 15.9 Å². The molecule has 0 aliphatic heterocycles. The Morgan fingerprint density at radius 3 is 2.60 bits per heavy atom. The lowest BCUT2D eigenvalue weighted by Gasteiger charge is -2.11. The Morgan fingerprint density at radius 1 is 1.30 bits per heavy atom. The molecule has 0 aromatic heterocycles.